The Kier molecular flexibility index (Phi) is 5.10. The Morgan fingerprint density at radius 2 is 2.11 bits per heavy atom. The normalized spacial score (nSPS) is 17.1. The van der Waals surface area contributed by atoms with Gasteiger partial charge in [-0.05, 0) is 37.5 Å². The van der Waals surface area contributed by atoms with Gasteiger partial charge in [-0.1, -0.05) is 31.1 Å². The average Bonchev–Trinajstić information content (AvgIpc) is 3.41. The monoisotopic (exact) mass is 380 g/mol. The number of hydrogen-bond acceptors (Lipinski definition) is 5. The molecule has 4 rings (SSSR count). The van der Waals surface area contributed by atoms with Crippen molar-refractivity contribution in [3.8, 4) is 5.69 Å². The van der Waals surface area contributed by atoms with Crippen LogP contribution in [0.4, 0.5) is 10.5 Å². The van der Waals surface area contributed by atoms with E-state index < -0.39 is 0 Å². The number of urea groups is 1. The van der Waals surface area contributed by atoms with Gasteiger partial charge in [0.05, 0.1) is 11.4 Å². The van der Waals surface area contributed by atoms with E-state index >= 15 is 0 Å². The lowest BCUT2D eigenvalue weighted by atomic mass is 10.0. The largest absolute Gasteiger partial charge is 0.337 e. The van der Waals surface area contributed by atoms with Crippen LogP contribution in [0.1, 0.15) is 56.8 Å². The molecule has 0 bridgehead atoms. The van der Waals surface area contributed by atoms with Crippen LogP contribution >= 0.6 is 0 Å². The lowest BCUT2D eigenvalue weighted by Crippen LogP contribution is -2.41. The van der Waals surface area contributed by atoms with Crippen molar-refractivity contribution in [2.75, 3.05) is 11.9 Å². The van der Waals surface area contributed by atoms with Crippen molar-refractivity contribution in [1.29, 1.82) is 0 Å². The SMILES string of the molecule is CC(C)c1noc([C@H]2CCCCN2C(=O)Nc2ccccc2-n2cccn2)n1. The van der Waals surface area contributed by atoms with Gasteiger partial charge in [-0.25, -0.2) is 9.48 Å². The van der Waals surface area contributed by atoms with Crippen LogP contribution in [0.3, 0.4) is 0 Å². The van der Waals surface area contributed by atoms with Crippen molar-refractivity contribution >= 4 is 11.7 Å². The second kappa shape index (κ2) is 7.84. The van der Waals surface area contributed by atoms with Crippen LogP contribution in [0.5, 0.6) is 0 Å². The molecule has 0 radical (unpaired) electrons. The van der Waals surface area contributed by atoms with Gasteiger partial charge >= 0.3 is 6.03 Å². The second-order valence-corrected chi connectivity index (χ2v) is 7.25. The molecule has 8 nitrogen and oxygen atoms in total. The van der Waals surface area contributed by atoms with Crippen LogP contribution in [0.15, 0.2) is 47.2 Å². The van der Waals surface area contributed by atoms with Gasteiger partial charge in [-0.3, -0.25) is 0 Å². The van der Waals surface area contributed by atoms with Gasteiger partial charge in [-0.2, -0.15) is 10.1 Å². The van der Waals surface area contributed by atoms with E-state index in [0.717, 1.165) is 24.9 Å². The topological polar surface area (TPSA) is 89.1 Å². The molecule has 3 heterocycles. The summed E-state index contributed by atoms with van der Waals surface area (Å²) in [6, 6.07) is 9.08. The van der Waals surface area contributed by atoms with Gasteiger partial charge in [-0.15, -0.1) is 0 Å². The minimum absolute atomic E-state index is 0.173. The summed E-state index contributed by atoms with van der Waals surface area (Å²) >= 11 is 0. The number of carbonyl (C=O) groups excluding carboxylic acids is 1. The number of anilines is 1. The fourth-order valence-electron chi connectivity index (χ4n) is 3.43. The van der Waals surface area contributed by atoms with E-state index in [0.29, 0.717) is 23.9 Å². The number of benzene rings is 1. The van der Waals surface area contributed by atoms with Gasteiger partial charge in [0.2, 0.25) is 5.89 Å². The molecular formula is C20H24N6O2. The van der Waals surface area contributed by atoms with E-state index in [2.05, 4.69) is 20.6 Å². The predicted molar refractivity (Wildman–Crippen MR) is 104 cm³/mol. The minimum Gasteiger partial charge on any atom is -0.337 e. The number of likely N-dealkylation sites (tertiary alicyclic amines) is 1. The Balaban J connectivity index is 1.56. The molecule has 2 aromatic heterocycles. The van der Waals surface area contributed by atoms with E-state index in [1.807, 2.05) is 50.4 Å². The van der Waals surface area contributed by atoms with Crippen molar-refractivity contribution < 1.29 is 9.32 Å². The zero-order chi connectivity index (χ0) is 19.5. The summed E-state index contributed by atoms with van der Waals surface area (Å²) in [5.74, 6) is 1.37. The fraction of sp³-hybridized carbons (Fsp3) is 0.400. The molecule has 1 saturated heterocycles. The molecule has 0 saturated carbocycles. The smallest absolute Gasteiger partial charge is 0.322 e. The third-order valence-corrected chi connectivity index (χ3v) is 4.92. The highest BCUT2D eigenvalue weighted by Crippen LogP contribution is 2.31. The van der Waals surface area contributed by atoms with Crippen molar-refractivity contribution in [3.05, 3.63) is 54.4 Å². The zero-order valence-electron chi connectivity index (χ0n) is 16.1. The number of nitrogens with zero attached hydrogens (tertiary/aromatic N) is 5. The summed E-state index contributed by atoms with van der Waals surface area (Å²) in [5, 5.41) is 11.4. The second-order valence-electron chi connectivity index (χ2n) is 7.25. The van der Waals surface area contributed by atoms with Gasteiger partial charge in [0.25, 0.3) is 0 Å². The molecule has 1 aliphatic heterocycles. The molecule has 2 amide bonds. The maximum atomic E-state index is 13.1. The number of piperidine rings is 1. The third kappa shape index (κ3) is 3.62. The summed E-state index contributed by atoms with van der Waals surface area (Å²) in [6.07, 6.45) is 6.35. The molecule has 1 aliphatic rings. The van der Waals surface area contributed by atoms with E-state index in [1.54, 1.807) is 15.8 Å². The number of rotatable bonds is 4. The molecule has 1 aromatic carbocycles. The highest BCUT2D eigenvalue weighted by molar-refractivity contribution is 5.91. The zero-order valence-corrected chi connectivity index (χ0v) is 16.1. The molecule has 0 unspecified atom stereocenters. The molecule has 8 heteroatoms. The molecule has 1 fully saturated rings. The Hall–Kier alpha value is -3.16. The number of carbonyl (C=O) groups is 1. The van der Waals surface area contributed by atoms with Crippen molar-refractivity contribution in [2.45, 2.75) is 45.1 Å². The standard InChI is InChI=1S/C20H24N6O2/c1-14(2)18-23-19(28-24-18)17-10-5-6-12-25(17)20(27)22-15-8-3-4-9-16(15)26-13-7-11-21-26/h3-4,7-9,11,13-14,17H,5-6,10,12H2,1-2H3,(H,22,27)/t17-/m1/s1. The lowest BCUT2D eigenvalue weighted by molar-refractivity contribution is 0.142. The molecular weight excluding hydrogens is 356 g/mol. The van der Waals surface area contributed by atoms with Crippen LogP contribution in [-0.4, -0.2) is 37.4 Å². The first-order valence-corrected chi connectivity index (χ1v) is 9.63. The van der Waals surface area contributed by atoms with Crippen LogP contribution < -0.4 is 5.32 Å². The Morgan fingerprint density at radius 3 is 2.86 bits per heavy atom. The van der Waals surface area contributed by atoms with E-state index in [-0.39, 0.29) is 18.0 Å². The van der Waals surface area contributed by atoms with Crippen LogP contribution in [0.2, 0.25) is 0 Å². The summed E-state index contributed by atoms with van der Waals surface area (Å²) in [6.45, 7) is 4.69. The quantitative estimate of drug-likeness (QED) is 0.735. The average molecular weight is 380 g/mol. The first-order valence-electron chi connectivity index (χ1n) is 9.63. The van der Waals surface area contributed by atoms with Gasteiger partial charge in [0, 0.05) is 24.9 Å². The van der Waals surface area contributed by atoms with Gasteiger partial charge < -0.3 is 14.7 Å². The maximum absolute atomic E-state index is 13.1. The predicted octanol–water partition coefficient (Wildman–Crippen LogP) is 4.14. The van der Waals surface area contributed by atoms with E-state index in [4.69, 9.17) is 4.52 Å². The Morgan fingerprint density at radius 1 is 1.25 bits per heavy atom. The van der Waals surface area contributed by atoms with Gasteiger partial charge in [0.15, 0.2) is 5.82 Å². The molecule has 0 aliphatic carbocycles. The highest BCUT2D eigenvalue weighted by Gasteiger charge is 2.32. The molecule has 1 atom stereocenters. The van der Waals surface area contributed by atoms with Crippen molar-refractivity contribution in [3.63, 3.8) is 0 Å². The number of para-hydroxylation sites is 2. The van der Waals surface area contributed by atoms with Gasteiger partial charge in [0.1, 0.15) is 6.04 Å². The molecule has 0 spiro atoms. The third-order valence-electron chi connectivity index (χ3n) is 4.92. The first-order chi connectivity index (χ1) is 13.6. The number of hydrogen-bond donors (Lipinski definition) is 1. The summed E-state index contributed by atoms with van der Waals surface area (Å²) in [7, 11) is 0. The van der Waals surface area contributed by atoms with Crippen molar-refractivity contribution in [1.82, 2.24) is 24.8 Å². The first kappa shape index (κ1) is 18.2. The van der Waals surface area contributed by atoms with Crippen LogP contribution in [-0.2, 0) is 0 Å². The molecule has 146 valence electrons. The van der Waals surface area contributed by atoms with Crippen molar-refractivity contribution in [2.24, 2.45) is 0 Å². The van der Waals surface area contributed by atoms with E-state index in [9.17, 15) is 4.79 Å². The maximum Gasteiger partial charge on any atom is 0.322 e. The number of amides is 2. The fourth-order valence-corrected chi connectivity index (χ4v) is 3.43. The Bertz CT molecular complexity index is 934. The van der Waals surface area contributed by atoms with E-state index in [1.165, 1.54) is 0 Å². The Labute approximate surface area is 163 Å². The number of aromatic nitrogens is 4. The van der Waals surface area contributed by atoms with Crippen LogP contribution in [0, 0.1) is 0 Å². The summed E-state index contributed by atoms with van der Waals surface area (Å²) < 4.78 is 7.21. The van der Waals surface area contributed by atoms with Crippen LogP contribution in [0.25, 0.3) is 5.69 Å². The highest BCUT2D eigenvalue weighted by atomic mass is 16.5. The summed E-state index contributed by atoms with van der Waals surface area (Å²) in [5.41, 5.74) is 1.52. The molecule has 1 N–H and O–H groups in total. The molecule has 3 aromatic rings. The lowest BCUT2D eigenvalue weighted by Gasteiger charge is -2.33. The molecule has 28 heavy (non-hydrogen) atoms. The minimum atomic E-state index is -0.203. The number of nitrogens with one attached hydrogen (secondary N) is 1. The summed E-state index contributed by atoms with van der Waals surface area (Å²) in [4.78, 5) is 19.4.